The summed E-state index contributed by atoms with van der Waals surface area (Å²) in [5.74, 6) is 0.503. The highest BCUT2D eigenvalue weighted by atomic mass is 35.5. The fraction of sp³-hybridized carbons (Fsp3) is 0. The first-order chi connectivity index (χ1) is 7.75. The highest BCUT2D eigenvalue weighted by molar-refractivity contribution is 6.30. The van der Waals surface area contributed by atoms with Crippen LogP contribution in [0.1, 0.15) is 5.56 Å². The van der Waals surface area contributed by atoms with Crippen molar-refractivity contribution in [3.8, 4) is 0 Å². The molecule has 0 aliphatic carbocycles. The molecule has 0 spiro atoms. The number of nitrogens with two attached hydrogens (primary N) is 1. The lowest BCUT2D eigenvalue weighted by Crippen LogP contribution is -2.12. The minimum atomic E-state index is 0. The van der Waals surface area contributed by atoms with Crippen molar-refractivity contribution < 1.29 is 0 Å². The van der Waals surface area contributed by atoms with Gasteiger partial charge >= 0.3 is 0 Å². The molecule has 2 N–H and O–H groups in total. The Morgan fingerprint density at radius 2 is 1.53 bits per heavy atom. The van der Waals surface area contributed by atoms with E-state index < -0.39 is 0 Å². The molecule has 0 radical (unpaired) electrons. The van der Waals surface area contributed by atoms with Crippen molar-refractivity contribution in [3.05, 3.63) is 65.2 Å². The molecule has 88 valence electrons. The molecule has 0 unspecified atom stereocenters. The van der Waals surface area contributed by atoms with Gasteiger partial charge in [0.15, 0.2) is 0 Å². The zero-order valence-corrected chi connectivity index (χ0v) is 10.6. The maximum absolute atomic E-state index is 5.88. The van der Waals surface area contributed by atoms with Crippen LogP contribution in [0.2, 0.25) is 5.02 Å². The molecule has 0 saturated carbocycles. The summed E-state index contributed by atoms with van der Waals surface area (Å²) in [6, 6.07) is 16.9. The third kappa shape index (κ3) is 3.77. The van der Waals surface area contributed by atoms with E-state index in [1.54, 1.807) is 12.1 Å². The molecule has 0 fully saturated rings. The van der Waals surface area contributed by atoms with E-state index in [9.17, 15) is 0 Å². The van der Waals surface area contributed by atoms with Crippen LogP contribution in [0.3, 0.4) is 0 Å². The number of aliphatic imine (C=N–C) groups is 1. The molecule has 4 heteroatoms. The Morgan fingerprint density at radius 1 is 0.941 bits per heavy atom. The topological polar surface area (TPSA) is 38.4 Å². The zero-order chi connectivity index (χ0) is 11.4. The van der Waals surface area contributed by atoms with Crippen LogP contribution in [-0.4, -0.2) is 5.84 Å². The summed E-state index contributed by atoms with van der Waals surface area (Å²) >= 11 is 5.79. The number of nitrogens with zero attached hydrogens (tertiary/aromatic N) is 1. The molecule has 0 atom stereocenters. The van der Waals surface area contributed by atoms with Gasteiger partial charge in [0.25, 0.3) is 0 Å². The summed E-state index contributed by atoms with van der Waals surface area (Å²) in [6.07, 6.45) is 0. The van der Waals surface area contributed by atoms with E-state index in [0.717, 1.165) is 11.3 Å². The SMILES string of the molecule is Cl.NC(=Nc1ccc(Cl)cc1)c1ccccc1. The summed E-state index contributed by atoms with van der Waals surface area (Å²) in [4.78, 5) is 4.31. The van der Waals surface area contributed by atoms with E-state index in [4.69, 9.17) is 17.3 Å². The third-order valence-corrected chi connectivity index (χ3v) is 2.40. The summed E-state index contributed by atoms with van der Waals surface area (Å²) < 4.78 is 0. The lowest BCUT2D eigenvalue weighted by atomic mass is 10.2. The van der Waals surface area contributed by atoms with E-state index in [1.165, 1.54) is 0 Å². The highest BCUT2D eigenvalue weighted by Gasteiger charge is 1.97. The van der Waals surface area contributed by atoms with E-state index >= 15 is 0 Å². The van der Waals surface area contributed by atoms with Crippen LogP contribution in [-0.2, 0) is 0 Å². The Kier molecular flexibility index (Phi) is 5.01. The first kappa shape index (κ1) is 13.6. The van der Waals surface area contributed by atoms with Crippen molar-refractivity contribution >= 4 is 35.5 Å². The quantitative estimate of drug-likeness (QED) is 0.652. The minimum absolute atomic E-state index is 0. The molecular weight excluding hydrogens is 255 g/mol. The van der Waals surface area contributed by atoms with Crippen LogP contribution in [0.4, 0.5) is 5.69 Å². The van der Waals surface area contributed by atoms with Crippen molar-refractivity contribution in [2.75, 3.05) is 0 Å². The Morgan fingerprint density at radius 3 is 2.12 bits per heavy atom. The summed E-state index contributed by atoms with van der Waals surface area (Å²) in [7, 11) is 0. The predicted molar refractivity (Wildman–Crippen MR) is 75.5 cm³/mol. The van der Waals surface area contributed by atoms with Gasteiger partial charge in [0.05, 0.1) is 5.69 Å². The van der Waals surface area contributed by atoms with Gasteiger partial charge in [-0.2, -0.15) is 0 Å². The summed E-state index contributed by atoms with van der Waals surface area (Å²) in [5, 5.41) is 0.692. The molecule has 0 saturated heterocycles. The Hall–Kier alpha value is -1.51. The van der Waals surface area contributed by atoms with Gasteiger partial charge in [-0.3, -0.25) is 0 Å². The third-order valence-electron chi connectivity index (χ3n) is 2.15. The molecule has 0 heterocycles. The maximum atomic E-state index is 5.88. The number of benzene rings is 2. The largest absolute Gasteiger partial charge is 0.383 e. The molecule has 0 aliphatic rings. The molecule has 0 aliphatic heterocycles. The highest BCUT2D eigenvalue weighted by Crippen LogP contribution is 2.16. The monoisotopic (exact) mass is 266 g/mol. The molecular formula is C13H12Cl2N2. The van der Waals surface area contributed by atoms with Gasteiger partial charge in [0.2, 0.25) is 0 Å². The second-order valence-corrected chi connectivity index (χ2v) is 3.78. The average molecular weight is 267 g/mol. The maximum Gasteiger partial charge on any atom is 0.131 e. The van der Waals surface area contributed by atoms with Crippen molar-refractivity contribution in [3.63, 3.8) is 0 Å². The fourth-order valence-electron chi connectivity index (χ4n) is 1.33. The van der Waals surface area contributed by atoms with Crippen molar-refractivity contribution in [2.45, 2.75) is 0 Å². The summed E-state index contributed by atoms with van der Waals surface area (Å²) in [5.41, 5.74) is 7.59. The van der Waals surface area contributed by atoms with Gasteiger partial charge < -0.3 is 5.73 Å². The van der Waals surface area contributed by atoms with E-state index in [2.05, 4.69) is 4.99 Å². The number of rotatable bonds is 2. The van der Waals surface area contributed by atoms with Crippen molar-refractivity contribution in [2.24, 2.45) is 10.7 Å². The molecule has 2 aromatic carbocycles. The lowest BCUT2D eigenvalue weighted by molar-refractivity contribution is 1.45. The van der Waals surface area contributed by atoms with Crippen molar-refractivity contribution in [1.29, 1.82) is 0 Å². The Labute approximate surface area is 112 Å². The average Bonchev–Trinajstić information content (AvgIpc) is 2.33. The van der Waals surface area contributed by atoms with Gasteiger partial charge in [-0.25, -0.2) is 4.99 Å². The zero-order valence-electron chi connectivity index (χ0n) is 9.01. The van der Waals surface area contributed by atoms with Gasteiger partial charge in [0, 0.05) is 10.6 Å². The Bertz CT molecular complexity index is 493. The lowest BCUT2D eigenvalue weighted by Gasteiger charge is -2.00. The molecule has 2 nitrogen and oxygen atoms in total. The fourth-order valence-corrected chi connectivity index (χ4v) is 1.45. The standard InChI is InChI=1S/C13H11ClN2.ClH/c14-11-6-8-12(9-7-11)16-13(15)10-4-2-1-3-5-10;/h1-9H,(H2,15,16);1H. The molecule has 0 aromatic heterocycles. The molecule has 2 aromatic rings. The van der Waals surface area contributed by atoms with Crippen LogP contribution < -0.4 is 5.73 Å². The molecule has 17 heavy (non-hydrogen) atoms. The van der Waals surface area contributed by atoms with Gasteiger partial charge in [-0.15, -0.1) is 12.4 Å². The van der Waals surface area contributed by atoms with Crippen LogP contribution in [0.25, 0.3) is 0 Å². The van der Waals surface area contributed by atoms with Gasteiger partial charge in [0.1, 0.15) is 5.84 Å². The van der Waals surface area contributed by atoms with E-state index in [0.29, 0.717) is 10.9 Å². The van der Waals surface area contributed by atoms with E-state index in [-0.39, 0.29) is 12.4 Å². The smallest absolute Gasteiger partial charge is 0.131 e. The normalized spacial score (nSPS) is 10.8. The predicted octanol–water partition coefficient (Wildman–Crippen LogP) is 3.80. The second kappa shape index (κ2) is 6.28. The van der Waals surface area contributed by atoms with Crippen LogP contribution in [0.15, 0.2) is 59.6 Å². The Balaban J connectivity index is 0.00000144. The number of amidine groups is 1. The number of halogens is 2. The van der Waals surface area contributed by atoms with Gasteiger partial charge in [-0.1, -0.05) is 41.9 Å². The first-order valence-corrected chi connectivity index (χ1v) is 5.28. The summed E-state index contributed by atoms with van der Waals surface area (Å²) in [6.45, 7) is 0. The van der Waals surface area contributed by atoms with Crippen LogP contribution in [0, 0.1) is 0 Å². The first-order valence-electron chi connectivity index (χ1n) is 4.91. The van der Waals surface area contributed by atoms with E-state index in [1.807, 2.05) is 42.5 Å². The number of hydrogen-bond acceptors (Lipinski definition) is 1. The van der Waals surface area contributed by atoms with Crippen molar-refractivity contribution in [1.82, 2.24) is 0 Å². The second-order valence-electron chi connectivity index (χ2n) is 3.34. The number of hydrogen-bond donors (Lipinski definition) is 1. The molecule has 2 rings (SSSR count). The van der Waals surface area contributed by atoms with Crippen LogP contribution >= 0.6 is 24.0 Å². The minimum Gasteiger partial charge on any atom is -0.383 e. The van der Waals surface area contributed by atoms with Crippen LogP contribution in [0.5, 0.6) is 0 Å². The molecule has 0 amide bonds. The molecule has 0 bridgehead atoms. The van der Waals surface area contributed by atoms with Gasteiger partial charge in [-0.05, 0) is 24.3 Å².